The highest BCUT2D eigenvalue weighted by molar-refractivity contribution is 7.93. The third-order valence-corrected chi connectivity index (χ3v) is 6.87. The molecule has 0 bridgehead atoms. The lowest BCUT2D eigenvalue weighted by Crippen LogP contribution is -2.09. The maximum atomic E-state index is 14.1. The average molecular weight is 379 g/mol. The van der Waals surface area contributed by atoms with Crippen LogP contribution in [0.1, 0.15) is 4.88 Å². The molecule has 0 radical (unpaired) electrons. The van der Waals surface area contributed by atoms with E-state index in [1.807, 2.05) is 0 Å². The fourth-order valence-corrected chi connectivity index (χ4v) is 5.50. The molecule has 0 amide bonds. The zero-order valence-corrected chi connectivity index (χ0v) is 14.7. The zero-order chi connectivity index (χ0) is 18.0. The van der Waals surface area contributed by atoms with Crippen molar-refractivity contribution in [2.75, 3.05) is 7.05 Å². The first-order chi connectivity index (χ1) is 11.9. The molecule has 0 aliphatic carbocycles. The number of thiophene rings is 1. The van der Waals surface area contributed by atoms with Crippen molar-refractivity contribution in [2.24, 2.45) is 0 Å². The molecule has 0 atom stereocenters. The smallest absolute Gasteiger partial charge is 0.249 e. The number of nitrogens with one attached hydrogen (secondary N) is 2. The molecule has 9 heteroatoms. The Hall–Kier alpha value is -2.36. The molecule has 0 unspecified atom stereocenters. The van der Waals surface area contributed by atoms with E-state index in [1.54, 1.807) is 13.1 Å². The maximum absolute atomic E-state index is 14.1. The second-order valence-corrected chi connectivity index (χ2v) is 8.46. The molecule has 3 rings (SSSR count). The standard InChI is InChI=1S/C16H14FN3O3S2/c1-18-9-10-7-13(12-3-2-5-20-15(12)17)16(24-10)25(22,23)11-4-6-19-14(21)8-11/h2-8,18H,9H2,1H3,(H,19,21). The minimum absolute atomic E-state index is 0.0183. The molecule has 0 aliphatic heterocycles. The molecule has 0 saturated heterocycles. The molecular weight excluding hydrogens is 365 g/mol. The molecule has 0 saturated carbocycles. The van der Waals surface area contributed by atoms with Gasteiger partial charge in [0.2, 0.25) is 21.3 Å². The summed E-state index contributed by atoms with van der Waals surface area (Å²) in [5, 5.41) is 2.94. The van der Waals surface area contributed by atoms with E-state index >= 15 is 0 Å². The van der Waals surface area contributed by atoms with Crippen molar-refractivity contribution in [1.29, 1.82) is 0 Å². The Morgan fingerprint density at radius 3 is 2.76 bits per heavy atom. The summed E-state index contributed by atoms with van der Waals surface area (Å²) in [4.78, 5) is 18.0. The number of H-pyrrole nitrogens is 1. The predicted octanol–water partition coefficient (Wildman–Crippen LogP) is 2.19. The first-order valence-corrected chi connectivity index (χ1v) is 9.55. The highest BCUT2D eigenvalue weighted by Gasteiger charge is 2.27. The molecule has 130 valence electrons. The summed E-state index contributed by atoms with van der Waals surface area (Å²) in [6, 6.07) is 6.96. The molecule has 0 aliphatic rings. The van der Waals surface area contributed by atoms with E-state index in [2.05, 4.69) is 15.3 Å². The Labute approximate surface area is 147 Å². The van der Waals surface area contributed by atoms with Crippen LogP contribution >= 0.6 is 11.3 Å². The summed E-state index contributed by atoms with van der Waals surface area (Å²) in [6.45, 7) is 0.435. The van der Waals surface area contributed by atoms with Crippen LogP contribution < -0.4 is 10.9 Å². The normalized spacial score (nSPS) is 11.6. The Balaban J connectivity index is 2.25. The summed E-state index contributed by atoms with van der Waals surface area (Å²) < 4.78 is 40.1. The van der Waals surface area contributed by atoms with Crippen molar-refractivity contribution in [2.45, 2.75) is 15.6 Å². The van der Waals surface area contributed by atoms with Gasteiger partial charge in [-0.15, -0.1) is 11.3 Å². The van der Waals surface area contributed by atoms with Crippen LogP contribution in [0.5, 0.6) is 0 Å². The summed E-state index contributed by atoms with van der Waals surface area (Å²) in [5.41, 5.74) is -0.187. The first kappa shape index (κ1) is 17.5. The van der Waals surface area contributed by atoms with E-state index < -0.39 is 21.3 Å². The van der Waals surface area contributed by atoms with E-state index in [1.165, 1.54) is 30.6 Å². The number of pyridine rings is 2. The lowest BCUT2D eigenvalue weighted by molar-refractivity contribution is 0.587. The van der Waals surface area contributed by atoms with Crippen LogP contribution in [0.3, 0.4) is 0 Å². The number of halogens is 1. The van der Waals surface area contributed by atoms with E-state index in [-0.39, 0.29) is 20.2 Å². The molecule has 3 heterocycles. The van der Waals surface area contributed by atoms with Gasteiger partial charge in [-0.2, -0.15) is 4.39 Å². The van der Waals surface area contributed by atoms with Gasteiger partial charge in [0.25, 0.3) is 0 Å². The topological polar surface area (TPSA) is 91.9 Å². The highest BCUT2D eigenvalue weighted by atomic mass is 32.2. The number of aromatic amines is 1. The maximum Gasteiger partial charge on any atom is 0.249 e. The first-order valence-electron chi connectivity index (χ1n) is 7.25. The van der Waals surface area contributed by atoms with Crippen molar-refractivity contribution >= 4 is 21.2 Å². The summed E-state index contributed by atoms with van der Waals surface area (Å²) in [6.07, 6.45) is 2.56. The van der Waals surface area contributed by atoms with Gasteiger partial charge in [0.15, 0.2) is 0 Å². The number of nitrogens with zero attached hydrogens (tertiary/aromatic N) is 1. The van der Waals surface area contributed by atoms with Crippen molar-refractivity contribution in [3.05, 3.63) is 63.9 Å². The molecule has 6 nitrogen and oxygen atoms in total. The van der Waals surface area contributed by atoms with Crippen molar-refractivity contribution in [1.82, 2.24) is 15.3 Å². The van der Waals surface area contributed by atoms with Gasteiger partial charge >= 0.3 is 0 Å². The molecule has 25 heavy (non-hydrogen) atoms. The van der Waals surface area contributed by atoms with E-state index in [0.29, 0.717) is 6.54 Å². The molecule has 3 aromatic heterocycles. The number of sulfone groups is 1. The molecule has 0 fully saturated rings. The van der Waals surface area contributed by atoms with Gasteiger partial charge in [0, 0.05) is 41.0 Å². The van der Waals surface area contributed by atoms with E-state index in [0.717, 1.165) is 22.3 Å². The monoisotopic (exact) mass is 379 g/mol. The average Bonchev–Trinajstić information content (AvgIpc) is 3.00. The Kier molecular flexibility index (Phi) is 4.80. The van der Waals surface area contributed by atoms with Crippen LogP contribution in [0.25, 0.3) is 11.1 Å². The van der Waals surface area contributed by atoms with Gasteiger partial charge in [0.05, 0.1) is 4.90 Å². The second-order valence-electron chi connectivity index (χ2n) is 5.18. The summed E-state index contributed by atoms with van der Waals surface area (Å²) >= 11 is 1.04. The second kappa shape index (κ2) is 6.87. The SMILES string of the molecule is CNCc1cc(-c2cccnc2F)c(S(=O)(=O)c2cc[nH]c(=O)c2)s1. The number of hydrogen-bond acceptors (Lipinski definition) is 6. The van der Waals surface area contributed by atoms with Crippen LogP contribution in [0.2, 0.25) is 0 Å². The van der Waals surface area contributed by atoms with Crippen LogP contribution in [0.4, 0.5) is 4.39 Å². The summed E-state index contributed by atoms with van der Waals surface area (Å²) in [5.74, 6) is -0.751. The van der Waals surface area contributed by atoms with Crippen LogP contribution in [0, 0.1) is 5.95 Å². The number of rotatable bonds is 5. The molecule has 3 aromatic rings. The molecular formula is C16H14FN3O3S2. The van der Waals surface area contributed by atoms with Crippen molar-refractivity contribution < 1.29 is 12.8 Å². The Bertz CT molecular complexity index is 1070. The van der Waals surface area contributed by atoms with Gasteiger partial charge in [-0.1, -0.05) is 0 Å². The quantitative estimate of drug-likeness (QED) is 0.663. The van der Waals surface area contributed by atoms with Crippen LogP contribution in [0.15, 0.2) is 56.6 Å². The van der Waals surface area contributed by atoms with Gasteiger partial charge in [-0.05, 0) is 31.3 Å². The third-order valence-electron chi connectivity index (χ3n) is 3.45. The van der Waals surface area contributed by atoms with E-state index in [9.17, 15) is 17.6 Å². The van der Waals surface area contributed by atoms with Gasteiger partial charge in [0.1, 0.15) is 4.21 Å². The Morgan fingerprint density at radius 1 is 1.28 bits per heavy atom. The van der Waals surface area contributed by atoms with Crippen molar-refractivity contribution in [3.8, 4) is 11.1 Å². The molecule has 0 spiro atoms. The van der Waals surface area contributed by atoms with Gasteiger partial charge in [-0.25, -0.2) is 13.4 Å². The zero-order valence-electron chi connectivity index (χ0n) is 13.1. The predicted molar refractivity (Wildman–Crippen MR) is 92.8 cm³/mol. The Morgan fingerprint density at radius 2 is 2.08 bits per heavy atom. The fraction of sp³-hybridized carbons (Fsp3) is 0.125. The van der Waals surface area contributed by atoms with Gasteiger partial charge in [-0.3, -0.25) is 4.79 Å². The number of hydrogen-bond donors (Lipinski definition) is 2. The van der Waals surface area contributed by atoms with E-state index in [4.69, 9.17) is 0 Å². The lowest BCUT2D eigenvalue weighted by atomic mass is 10.1. The molecule has 2 N–H and O–H groups in total. The lowest BCUT2D eigenvalue weighted by Gasteiger charge is -2.06. The van der Waals surface area contributed by atoms with Crippen LogP contribution in [-0.2, 0) is 16.4 Å². The van der Waals surface area contributed by atoms with Crippen molar-refractivity contribution in [3.63, 3.8) is 0 Å². The summed E-state index contributed by atoms with van der Waals surface area (Å²) in [7, 11) is -2.25. The van der Waals surface area contributed by atoms with Crippen LogP contribution in [-0.4, -0.2) is 25.4 Å². The molecule has 0 aromatic carbocycles. The minimum Gasteiger partial charge on any atom is -0.329 e. The third kappa shape index (κ3) is 3.39. The number of aromatic nitrogens is 2. The minimum atomic E-state index is -3.98. The highest BCUT2D eigenvalue weighted by Crippen LogP contribution is 2.38. The fourth-order valence-electron chi connectivity index (χ4n) is 2.36. The van der Waals surface area contributed by atoms with Gasteiger partial charge < -0.3 is 10.3 Å². The largest absolute Gasteiger partial charge is 0.329 e.